The number of halogens is 1. The SMILES string of the molecule is NC(CC(=O)Nc1ccncc1F)C1CC1. The van der Waals surface area contributed by atoms with E-state index < -0.39 is 5.82 Å². The fourth-order valence-corrected chi connectivity index (χ4v) is 1.58. The summed E-state index contributed by atoms with van der Waals surface area (Å²) in [7, 11) is 0. The minimum atomic E-state index is -0.532. The van der Waals surface area contributed by atoms with Crippen LogP contribution in [0.25, 0.3) is 0 Å². The summed E-state index contributed by atoms with van der Waals surface area (Å²) in [4.78, 5) is 15.1. The van der Waals surface area contributed by atoms with Crippen molar-refractivity contribution in [1.82, 2.24) is 4.98 Å². The molecule has 1 aliphatic rings. The molecule has 2 rings (SSSR count). The van der Waals surface area contributed by atoms with Crippen LogP contribution >= 0.6 is 0 Å². The van der Waals surface area contributed by atoms with Gasteiger partial charge in [-0.05, 0) is 24.8 Å². The molecule has 1 heterocycles. The van der Waals surface area contributed by atoms with Gasteiger partial charge in [-0.2, -0.15) is 0 Å². The zero-order valence-corrected chi connectivity index (χ0v) is 8.82. The Morgan fingerprint density at radius 1 is 1.69 bits per heavy atom. The number of hydrogen-bond donors (Lipinski definition) is 2. The predicted octanol–water partition coefficient (Wildman–Crippen LogP) is 1.29. The number of carbonyl (C=O) groups is 1. The van der Waals surface area contributed by atoms with Crippen LogP contribution in [0.1, 0.15) is 19.3 Å². The second kappa shape index (κ2) is 4.57. The molecule has 4 nitrogen and oxygen atoms in total. The van der Waals surface area contributed by atoms with Gasteiger partial charge >= 0.3 is 0 Å². The third-order valence-corrected chi connectivity index (χ3v) is 2.70. The zero-order chi connectivity index (χ0) is 11.5. The van der Waals surface area contributed by atoms with E-state index in [1.54, 1.807) is 0 Å². The van der Waals surface area contributed by atoms with Crippen LogP contribution in [0.2, 0.25) is 0 Å². The quantitative estimate of drug-likeness (QED) is 0.808. The third-order valence-electron chi connectivity index (χ3n) is 2.70. The van der Waals surface area contributed by atoms with Gasteiger partial charge in [0.15, 0.2) is 5.82 Å². The van der Waals surface area contributed by atoms with Crippen molar-refractivity contribution in [1.29, 1.82) is 0 Å². The minimum absolute atomic E-state index is 0.107. The molecule has 1 amide bonds. The molecular formula is C11H14FN3O. The van der Waals surface area contributed by atoms with E-state index in [-0.39, 0.29) is 24.1 Å². The van der Waals surface area contributed by atoms with Crippen LogP contribution in [0.5, 0.6) is 0 Å². The highest BCUT2D eigenvalue weighted by Gasteiger charge is 2.29. The van der Waals surface area contributed by atoms with Crippen molar-refractivity contribution in [3.63, 3.8) is 0 Å². The molecule has 1 aromatic rings. The Bertz CT molecular complexity index is 393. The molecule has 1 aliphatic carbocycles. The van der Waals surface area contributed by atoms with Gasteiger partial charge in [0.2, 0.25) is 5.91 Å². The monoisotopic (exact) mass is 223 g/mol. The van der Waals surface area contributed by atoms with Crippen molar-refractivity contribution in [3.8, 4) is 0 Å². The van der Waals surface area contributed by atoms with Gasteiger partial charge in [0.1, 0.15) is 0 Å². The fourth-order valence-electron chi connectivity index (χ4n) is 1.58. The molecule has 0 bridgehead atoms. The molecule has 1 atom stereocenters. The molecule has 0 aromatic carbocycles. The van der Waals surface area contributed by atoms with Gasteiger partial charge in [0, 0.05) is 18.7 Å². The molecule has 1 aromatic heterocycles. The molecule has 0 saturated heterocycles. The molecule has 1 unspecified atom stereocenters. The van der Waals surface area contributed by atoms with Crippen molar-refractivity contribution in [2.75, 3.05) is 5.32 Å². The smallest absolute Gasteiger partial charge is 0.226 e. The van der Waals surface area contributed by atoms with Gasteiger partial charge in [-0.3, -0.25) is 9.78 Å². The number of amides is 1. The molecule has 86 valence electrons. The van der Waals surface area contributed by atoms with E-state index in [1.165, 1.54) is 12.3 Å². The van der Waals surface area contributed by atoms with Crippen LogP contribution in [-0.4, -0.2) is 16.9 Å². The lowest BCUT2D eigenvalue weighted by atomic mass is 10.1. The first-order valence-electron chi connectivity index (χ1n) is 5.32. The molecule has 1 fully saturated rings. The number of pyridine rings is 1. The third kappa shape index (κ3) is 2.76. The van der Waals surface area contributed by atoms with E-state index in [0.717, 1.165) is 19.0 Å². The maximum atomic E-state index is 13.1. The molecular weight excluding hydrogens is 209 g/mol. The molecule has 5 heteroatoms. The Morgan fingerprint density at radius 2 is 2.44 bits per heavy atom. The first kappa shape index (κ1) is 11.0. The summed E-state index contributed by atoms with van der Waals surface area (Å²) in [6, 6.07) is 1.32. The summed E-state index contributed by atoms with van der Waals surface area (Å²) < 4.78 is 13.1. The van der Waals surface area contributed by atoms with Crippen molar-refractivity contribution < 1.29 is 9.18 Å². The van der Waals surface area contributed by atoms with E-state index in [0.29, 0.717) is 5.92 Å². The largest absolute Gasteiger partial charge is 0.327 e. The normalized spacial score (nSPS) is 16.9. The molecule has 0 aliphatic heterocycles. The summed E-state index contributed by atoms with van der Waals surface area (Å²) in [6.07, 6.45) is 4.93. The second-order valence-electron chi connectivity index (χ2n) is 4.11. The number of aromatic nitrogens is 1. The van der Waals surface area contributed by atoms with Gasteiger partial charge in [-0.15, -0.1) is 0 Å². The van der Waals surface area contributed by atoms with E-state index in [9.17, 15) is 9.18 Å². The number of nitrogens with one attached hydrogen (secondary N) is 1. The Morgan fingerprint density at radius 3 is 3.06 bits per heavy atom. The lowest BCUT2D eigenvalue weighted by Gasteiger charge is -2.10. The van der Waals surface area contributed by atoms with Crippen LogP contribution in [0.3, 0.4) is 0 Å². The first-order chi connectivity index (χ1) is 7.66. The number of anilines is 1. The van der Waals surface area contributed by atoms with Crippen LogP contribution in [-0.2, 0) is 4.79 Å². The predicted molar refractivity (Wildman–Crippen MR) is 58.1 cm³/mol. The summed E-state index contributed by atoms with van der Waals surface area (Å²) in [5.74, 6) is -0.312. The van der Waals surface area contributed by atoms with E-state index in [2.05, 4.69) is 10.3 Å². The number of nitrogens with two attached hydrogens (primary N) is 1. The fraction of sp³-hybridized carbons (Fsp3) is 0.455. The summed E-state index contributed by atoms with van der Waals surface area (Å²) in [5, 5.41) is 2.49. The zero-order valence-electron chi connectivity index (χ0n) is 8.82. The molecule has 3 N–H and O–H groups in total. The topological polar surface area (TPSA) is 68.0 Å². The number of rotatable bonds is 4. The van der Waals surface area contributed by atoms with Crippen molar-refractivity contribution in [3.05, 3.63) is 24.3 Å². The molecule has 0 spiro atoms. The van der Waals surface area contributed by atoms with Gasteiger partial charge in [-0.25, -0.2) is 4.39 Å². The van der Waals surface area contributed by atoms with Gasteiger partial charge < -0.3 is 11.1 Å². The van der Waals surface area contributed by atoms with Crippen molar-refractivity contribution in [2.45, 2.75) is 25.3 Å². The first-order valence-corrected chi connectivity index (χ1v) is 5.32. The van der Waals surface area contributed by atoms with Crippen LogP contribution in [0.4, 0.5) is 10.1 Å². The van der Waals surface area contributed by atoms with Crippen LogP contribution in [0.15, 0.2) is 18.5 Å². The molecule has 0 radical (unpaired) electrons. The Balaban J connectivity index is 1.89. The maximum Gasteiger partial charge on any atom is 0.226 e. The lowest BCUT2D eigenvalue weighted by Crippen LogP contribution is -2.29. The van der Waals surface area contributed by atoms with Crippen LogP contribution in [0, 0.1) is 11.7 Å². The Kier molecular flexibility index (Phi) is 3.14. The number of nitrogens with zero attached hydrogens (tertiary/aromatic N) is 1. The molecule has 1 saturated carbocycles. The van der Waals surface area contributed by atoms with Gasteiger partial charge in [0.25, 0.3) is 0 Å². The van der Waals surface area contributed by atoms with Gasteiger partial charge in [0.05, 0.1) is 11.9 Å². The Labute approximate surface area is 93.1 Å². The van der Waals surface area contributed by atoms with E-state index >= 15 is 0 Å². The van der Waals surface area contributed by atoms with Gasteiger partial charge in [-0.1, -0.05) is 0 Å². The second-order valence-corrected chi connectivity index (χ2v) is 4.11. The van der Waals surface area contributed by atoms with E-state index in [4.69, 9.17) is 5.73 Å². The minimum Gasteiger partial charge on any atom is -0.327 e. The Hall–Kier alpha value is -1.49. The highest BCUT2D eigenvalue weighted by atomic mass is 19.1. The van der Waals surface area contributed by atoms with Crippen LogP contribution < -0.4 is 11.1 Å². The lowest BCUT2D eigenvalue weighted by molar-refractivity contribution is -0.116. The maximum absolute atomic E-state index is 13.1. The summed E-state index contributed by atoms with van der Waals surface area (Å²) in [5.41, 5.74) is 5.96. The van der Waals surface area contributed by atoms with E-state index in [1.807, 2.05) is 0 Å². The summed E-state index contributed by atoms with van der Waals surface area (Å²) in [6.45, 7) is 0. The number of hydrogen-bond acceptors (Lipinski definition) is 3. The average Bonchev–Trinajstić information content (AvgIpc) is 3.04. The summed E-state index contributed by atoms with van der Waals surface area (Å²) >= 11 is 0. The standard InChI is InChI=1S/C11H14FN3O/c12-8-6-14-4-3-10(8)15-11(16)5-9(13)7-1-2-7/h3-4,6-7,9H,1-2,5,13H2,(H,14,15,16). The van der Waals surface area contributed by atoms with Crippen molar-refractivity contribution >= 4 is 11.6 Å². The highest BCUT2D eigenvalue weighted by Crippen LogP contribution is 2.32. The average molecular weight is 223 g/mol. The highest BCUT2D eigenvalue weighted by molar-refractivity contribution is 5.91. The van der Waals surface area contributed by atoms with Crippen molar-refractivity contribution in [2.24, 2.45) is 11.7 Å². The number of carbonyl (C=O) groups excluding carboxylic acids is 1. The molecule has 16 heavy (non-hydrogen) atoms.